The first-order valence-corrected chi connectivity index (χ1v) is 12.4. The SMILES string of the molecule is CCCCc1ccc(C#Cc2ccc3c(F)c(CCc4ccc(CC(F)(F)F)c(F)c4)ccc3c2)cc1. The maximum absolute atomic E-state index is 15.2. The quantitative estimate of drug-likeness (QED) is 0.174. The van der Waals surface area contributed by atoms with Crippen LogP contribution in [0.3, 0.4) is 0 Å². The molecule has 0 unspecified atom stereocenters. The van der Waals surface area contributed by atoms with Gasteiger partial charge < -0.3 is 0 Å². The lowest BCUT2D eigenvalue weighted by molar-refractivity contribution is -0.127. The second kappa shape index (κ2) is 11.6. The molecule has 4 aromatic carbocycles. The number of unbranched alkanes of at least 4 members (excludes halogenated alkanes) is 1. The average molecular weight is 507 g/mol. The van der Waals surface area contributed by atoms with Crippen LogP contribution in [0.4, 0.5) is 22.0 Å². The van der Waals surface area contributed by atoms with Crippen molar-refractivity contribution in [1.29, 1.82) is 0 Å². The molecule has 4 aromatic rings. The van der Waals surface area contributed by atoms with Crippen LogP contribution >= 0.6 is 0 Å². The van der Waals surface area contributed by atoms with E-state index < -0.39 is 24.0 Å². The smallest absolute Gasteiger partial charge is 0.207 e. The Bertz CT molecular complexity index is 1440. The van der Waals surface area contributed by atoms with Gasteiger partial charge in [-0.3, -0.25) is 0 Å². The van der Waals surface area contributed by atoms with Crippen molar-refractivity contribution in [2.24, 2.45) is 0 Å². The maximum atomic E-state index is 15.2. The minimum Gasteiger partial charge on any atom is -0.207 e. The lowest BCUT2D eigenvalue weighted by atomic mass is 9.98. The summed E-state index contributed by atoms with van der Waals surface area (Å²) >= 11 is 0. The molecule has 190 valence electrons. The Morgan fingerprint density at radius 2 is 1.35 bits per heavy atom. The highest BCUT2D eigenvalue weighted by atomic mass is 19.4. The topological polar surface area (TPSA) is 0 Å². The summed E-state index contributed by atoms with van der Waals surface area (Å²) < 4.78 is 66.9. The Balaban J connectivity index is 1.45. The van der Waals surface area contributed by atoms with Crippen molar-refractivity contribution in [1.82, 2.24) is 0 Å². The molecule has 37 heavy (non-hydrogen) atoms. The molecular formula is C32H27F5. The van der Waals surface area contributed by atoms with Crippen LogP contribution in [0.5, 0.6) is 0 Å². The van der Waals surface area contributed by atoms with E-state index in [0.717, 1.165) is 47.9 Å². The Hall–Kier alpha value is -3.65. The zero-order chi connectivity index (χ0) is 26.4. The predicted octanol–water partition coefficient (Wildman–Crippen LogP) is 8.75. The Labute approximate surface area is 214 Å². The van der Waals surface area contributed by atoms with Gasteiger partial charge in [-0.2, -0.15) is 13.2 Å². The molecule has 0 aliphatic carbocycles. The van der Waals surface area contributed by atoms with E-state index in [4.69, 9.17) is 0 Å². The van der Waals surface area contributed by atoms with E-state index in [9.17, 15) is 17.6 Å². The molecule has 0 aliphatic rings. The molecule has 5 heteroatoms. The summed E-state index contributed by atoms with van der Waals surface area (Å²) in [6, 6.07) is 20.8. The van der Waals surface area contributed by atoms with Crippen molar-refractivity contribution in [3.8, 4) is 11.8 Å². The van der Waals surface area contributed by atoms with Gasteiger partial charge in [-0.05, 0) is 83.7 Å². The molecule has 0 atom stereocenters. The molecule has 0 saturated carbocycles. The summed E-state index contributed by atoms with van der Waals surface area (Å²) in [7, 11) is 0. The van der Waals surface area contributed by atoms with Crippen molar-refractivity contribution < 1.29 is 22.0 Å². The summed E-state index contributed by atoms with van der Waals surface area (Å²) in [5.41, 5.74) is 3.60. The van der Waals surface area contributed by atoms with Crippen LogP contribution in [0.15, 0.2) is 72.8 Å². The van der Waals surface area contributed by atoms with Gasteiger partial charge in [-0.25, -0.2) is 8.78 Å². The van der Waals surface area contributed by atoms with E-state index in [-0.39, 0.29) is 5.82 Å². The van der Waals surface area contributed by atoms with Crippen molar-refractivity contribution in [3.63, 3.8) is 0 Å². The van der Waals surface area contributed by atoms with E-state index in [1.807, 2.05) is 24.3 Å². The molecule has 4 rings (SSSR count). The van der Waals surface area contributed by atoms with Gasteiger partial charge in [-0.1, -0.05) is 67.6 Å². The van der Waals surface area contributed by atoms with E-state index in [2.05, 4.69) is 30.9 Å². The number of hydrogen-bond acceptors (Lipinski definition) is 0. The van der Waals surface area contributed by atoms with E-state index in [1.165, 1.54) is 11.6 Å². The van der Waals surface area contributed by atoms with E-state index in [0.29, 0.717) is 29.4 Å². The normalized spacial score (nSPS) is 11.4. The van der Waals surface area contributed by atoms with Gasteiger partial charge in [-0.15, -0.1) is 0 Å². The maximum Gasteiger partial charge on any atom is 0.393 e. The lowest BCUT2D eigenvalue weighted by Gasteiger charge is -2.10. The number of hydrogen-bond donors (Lipinski definition) is 0. The number of halogens is 5. The summed E-state index contributed by atoms with van der Waals surface area (Å²) in [6.07, 6.45) is -1.78. The van der Waals surface area contributed by atoms with Gasteiger partial charge in [0.15, 0.2) is 0 Å². The minimum atomic E-state index is -4.47. The Morgan fingerprint density at radius 1 is 0.676 bits per heavy atom. The first-order valence-electron chi connectivity index (χ1n) is 12.4. The van der Waals surface area contributed by atoms with Crippen LogP contribution in [-0.2, 0) is 25.7 Å². The van der Waals surface area contributed by atoms with Crippen LogP contribution in [-0.4, -0.2) is 6.18 Å². The third-order valence-corrected chi connectivity index (χ3v) is 6.35. The number of benzene rings is 4. The molecule has 0 bridgehead atoms. The Morgan fingerprint density at radius 3 is 2.05 bits per heavy atom. The first-order chi connectivity index (χ1) is 17.7. The van der Waals surface area contributed by atoms with Crippen LogP contribution in [0.1, 0.15) is 53.1 Å². The fraction of sp³-hybridized carbons (Fsp3) is 0.250. The molecule has 0 saturated heterocycles. The Kier molecular flexibility index (Phi) is 8.28. The molecule has 0 radical (unpaired) electrons. The van der Waals surface area contributed by atoms with Crippen LogP contribution in [0, 0.1) is 23.5 Å². The lowest BCUT2D eigenvalue weighted by Crippen LogP contribution is -2.13. The van der Waals surface area contributed by atoms with Gasteiger partial charge in [0.1, 0.15) is 11.6 Å². The van der Waals surface area contributed by atoms with Gasteiger partial charge in [0.2, 0.25) is 0 Å². The van der Waals surface area contributed by atoms with Gasteiger partial charge in [0, 0.05) is 16.5 Å². The number of fused-ring (bicyclic) bond motifs is 1. The molecule has 0 heterocycles. The predicted molar refractivity (Wildman–Crippen MR) is 139 cm³/mol. The van der Waals surface area contributed by atoms with Crippen LogP contribution in [0.25, 0.3) is 10.8 Å². The molecular weight excluding hydrogens is 479 g/mol. The summed E-state index contributed by atoms with van der Waals surface area (Å²) in [6.45, 7) is 2.17. The largest absolute Gasteiger partial charge is 0.393 e. The third-order valence-electron chi connectivity index (χ3n) is 6.35. The average Bonchev–Trinajstić information content (AvgIpc) is 2.87. The number of rotatable bonds is 7. The summed E-state index contributed by atoms with van der Waals surface area (Å²) in [5, 5.41) is 1.19. The highest BCUT2D eigenvalue weighted by Crippen LogP contribution is 2.26. The molecule has 0 N–H and O–H groups in total. The van der Waals surface area contributed by atoms with E-state index >= 15 is 4.39 Å². The second-order valence-electron chi connectivity index (χ2n) is 9.24. The minimum absolute atomic E-state index is 0.301. The number of alkyl halides is 3. The highest BCUT2D eigenvalue weighted by molar-refractivity contribution is 5.85. The summed E-state index contributed by atoms with van der Waals surface area (Å²) in [4.78, 5) is 0. The van der Waals surface area contributed by atoms with Crippen molar-refractivity contribution >= 4 is 10.8 Å². The van der Waals surface area contributed by atoms with Crippen LogP contribution in [0.2, 0.25) is 0 Å². The summed E-state index contributed by atoms with van der Waals surface area (Å²) in [5.74, 6) is 5.05. The standard InChI is InChI=1S/C32H27F5/c1-2-3-4-22-5-7-23(8-6-22)9-10-24-13-18-29-27(19-24)17-16-26(31(29)34)14-11-25-12-15-28(30(33)20-25)21-32(35,36)37/h5-8,12-13,15-20H,2-4,11,14,21H2,1H3. The molecule has 0 nitrogen and oxygen atoms in total. The fourth-order valence-electron chi connectivity index (χ4n) is 4.27. The molecule has 0 fully saturated rings. The third kappa shape index (κ3) is 7.20. The van der Waals surface area contributed by atoms with Gasteiger partial charge >= 0.3 is 6.18 Å². The monoisotopic (exact) mass is 506 g/mol. The van der Waals surface area contributed by atoms with Crippen molar-refractivity contribution in [2.45, 2.75) is 51.6 Å². The zero-order valence-corrected chi connectivity index (χ0v) is 20.6. The van der Waals surface area contributed by atoms with Crippen LogP contribution < -0.4 is 0 Å². The zero-order valence-electron chi connectivity index (χ0n) is 20.6. The highest BCUT2D eigenvalue weighted by Gasteiger charge is 2.29. The molecule has 0 spiro atoms. The second-order valence-corrected chi connectivity index (χ2v) is 9.24. The van der Waals surface area contributed by atoms with Crippen molar-refractivity contribution in [2.75, 3.05) is 0 Å². The fourth-order valence-corrected chi connectivity index (χ4v) is 4.27. The molecule has 0 aromatic heterocycles. The molecule has 0 aliphatic heterocycles. The van der Waals surface area contributed by atoms with Gasteiger partial charge in [0.05, 0.1) is 6.42 Å². The van der Waals surface area contributed by atoms with E-state index in [1.54, 1.807) is 18.2 Å². The van der Waals surface area contributed by atoms with Crippen molar-refractivity contribution in [3.05, 3.63) is 118 Å². The molecule has 0 amide bonds. The first kappa shape index (κ1) is 26.4. The number of aryl methyl sites for hydroxylation is 3. The van der Waals surface area contributed by atoms with Gasteiger partial charge in [0.25, 0.3) is 0 Å².